The van der Waals surface area contributed by atoms with Crippen LogP contribution in [-0.4, -0.2) is 9.38 Å². The van der Waals surface area contributed by atoms with Crippen LogP contribution in [0.5, 0.6) is 0 Å². The summed E-state index contributed by atoms with van der Waals surface area (Å²) in [5.74, 6) is 1.53. The van der Waals surface area contributed by atoms with E-state index in [4.69, 9.17) is 5.73 Å². The summed E-state index contributed by atoms with van der Waals surface area (Å²) in [6.45, 7) is 4.85. The molecule has 14 heavy (non-hydrogen) atoms. The molecule has 3 heteroatoms. The molecule has 74 valence electrons. The summed E-state index contributed by atoms with van der Waals surface area (Å²) in [5.41, 5.74) is 7.93. The number of hydrogen-bond donors (Lipinski definition) is 1. The van der Waals surface area contributed by atoms with Crippen molar-refractivity contribution in [2.45, 2.75) is 26.3 Å². The van der Waals surface area contributed by atoms with Gasteiger partial charge in [0.2, 0.25) is 0 Å². The molecule has 0 fully saturated rings. The molecule has 0 aliphatic rings. The standard InChI is InChI=1S/C11H15N3/c1-8(2)11-13-7-10-9(6-12)4-3-5-14(10)11/h3-5,7-8H,6,12H2,1-2H3. The molecule has 2 heterocycles. The number of rotatable bonds is 2. The highest BCUT2D eigenvalue weighted by molar-refractivity contribution is 5.54. The van der Waals surface area contributed by atoms with Crippen LogP contribution in [0.25, 0.3) is 5.52 Å². The smallest absolute Gasteiger partial charge is 0.115 e. The van der Waals surface area contributed by atoms with Gasteiger partial charge in [0.25, 0.3) is 0 Å². The van der Waals surface area contributed by atoms with Crippen molar-refractivity contribution in [3.63, 3.8) is 0 Å². The van der Waals surface area contributed by atoms with Crippen LogP contribution in [-0.2, 0) is 6.54 Å². The SMILES string of the molecule is CC(C)c1ncc2c(CN)cccn12. The van der Waals surface area contributed by atoms with Gasteiger partial charge in [0, 0.05) is 18.7 Å². The Labute approximate surface area is 83.6 Å². The van der Waals surface area contributed by atoms with Crippen molar-refractivity contribution in [3.05, 3.63) is 35.9 Å². The Balaban J connectivity index is 2.69. The van der Waals surface area contributed by atoms with Crippen molar-refractivity contribution < 1.29 is 0 Å². The van der Waals surface area contributed by atoms with Crippen molar-refractivity contribution in [1.29, 1.82) is 0 Å². The highest BCUT2D eigenvalue weighted by Gasteiger charge is 2.08. The predicted octanol–water partition coefficient (Wildman–Crippen LogP) is 1.92. The lowest BCUT2D eigenvalue weighted by atomic mass is 10.2. The summed E-state index contributed by atoms with van der Waals surface area (Å²) in [7, 11) is 0. The molecule has 0 amide bonds. The van der Waals surface area contributed by atoms with Gasteiger partial charge in [-0.1, -0.05) is 19.9 Å². The maximum Gasteiger partial charge on any atom is 0.115 e. The average Bonchev–Trinajstić information content (AvgIpc) is 2.60. The van der Waals surface area contributed by atoms with Gasteiger partial charge in [-0.3, -0.25) is 0 Å². The molecular formula is C11H15N3. The number of aromatic nitrogens is 2. The summed E-state index contributed by atoms with van der Waals surface area (Å²) in [5, 5.41) is 0. The molecule has 3 nitrogen and oxygen atoms in total. The zero-order valence-corrected chi connectivity index (χ0v) is 8.57. The van der Waals surface area contributed by atoms with E-state index in [0.29, 0.717) is 12.5 Å². The van der Waals surface area contributed by atoms with Crippen LogP contribution >= 0.6 is 0 Å². The Kier molecular flexibility index (Phi) is 2.25. The summed E-state index contributed by atoms with van der Waals surface area (Å²) in [6, 6.07) is 4.06. The third-order valence-electron chi connectivity index (χ3n) is 2.42. The molecular weight excluding hydrogens is 174 g/mol. The Morgan fingerprint density at radius 3 is 2.93 bits per heavy atom. The van der Waals surface area contributed by atoms with Crippen molar-refractivity contribution in [1.82, 2.24) is 9.38 Å². The Bertz CT molecular complexity index is 443. The zero-order valence-electron chi connectivity index (χ0n) is 8.57. The van der Waals surface area contributed by atoms with Gasteiger partial charge in [0.05, 0.1) is 11.7 Å². The molecule has 0 aliphatic carbocycles. The molecule has 0 spiro atoms. The van der Waals surface area contributed by atoms with E-state index in [-0.39, 0.29) is 0 Å². The largest absolute Gasteiger partial charge is 0.326 e. The minimum atomic E-state index is 0.436. The van der Waals surface area contributed by atoms with Crippen LogP contribution in [0.3, 0.4) is 0 Å². The van der Waals surface area contributed by atoms with Crippen LogP contribution in [0.4, 0.5) is 0 Å². The molecule has 2 rings (SSSR count). The topological polar surface area (TPSA) is 43.3 Å². The maximum atomic E-state index is 5.66. The fourth-order valence-corrected chi connectivity index (χ4v) is 1.70. The lowest BCUT2D eigenvalue weighted by Crippen LogP contribution is -2.01. The van der Waals surface area contributed by atoms with E-state index in [9.17, 15) is 0 Å². The van der Waals surface area contributed by atoms with Gasteiger partial charge in [0.1, 0.15) is 5.82 Å². The van der Waals surface area contributed by atoms with E-state index in [0.717, 1.165) is 16.9 Å². The van der Waals surface area contributed by atoms with E-state index < -0.39 is 0 Å². The molecule has 2 aromatic rings. The van der Waals surface area contributed by atoms with Gasteiger partial charge < -0.3 is 10.1 Å². The second kappa shape index (κ2) is 3.42. The lowest BCUT2D eigenvalue weighted by molar-refractivity contribution is 0.769. The quantitative estimate of drug-likeness (QED) is 0.784. The van der Waals surface area contributed by atoms with Gasteiger partial charge in [-0.05, 0) is 11.6 Å². The molecule has 0 saturated heterocycles. The minimum absolute atomic E-state index is 0.436. The van der Waals surface area contributed by atoms with E-state index in [2.05, 4.69) is 23.2 Å². The highest BCUT2D eigenvalue weighted by Crippen LogP contribution is 2.17. The van der Waals surface area contributed by atoms with Crippen LogP contribution in [0.2, 0.25) is 0 Å². The fourth-order valence-electron chi connectivity index (χ4n) is 1.70. The van der Waals surface area contributed by atoms with E-state index in [1.165, 1.54) is 0 Å². The number of fused-ring (bicyclic) bond motifs is 1. The molecule has 0 atom stereocenters. The van der Waals surface area contributed by atoms with Crippen molar-refractivity contribution >= 4 is 5.52 Å². The highest BCUT2D eigenvalue weighted by atomic mass is 15.0. The molecule has 0 unspecified atom stereocenters. The summed E-state index contributed by atoms with van der Waals surface area (Å²) >= 11 is 0. The Morgan fingerprint density at radius 2 is 2.29 bits per heavy atom. The van der Waals surface area contributed by atoms with Gasteiger partial charge in [-0.2, -0.15) is 0 Å². The minimum Gasteiger partial charge on any atom is -0.326 e. The van der Waals surface area contributed by atoms with Gasteiger partial charge >= 0.3 is 0 Å². The molecule has 0 aromatic carbocycles. The molecule has 2 N–H and O–H groups in total. The summed E-state index contributed by atoms with van der Waals surface area (Å²) in [4.78, 5) is 4.41. The first-order chi connectivity index (χ1) is 6.74. The van der Waals surface area contributed by atoms with E-state index >= 15 is 0 Å². The van der Waals surface area contributed by atoms with Crippen LogP contribution in [0, 0.1) is 0 Å². The van der Waals surface area contributed by atoms with E-state index in [1.54, 1.807) is 0 Å². The second-order valence-corrected chi connectivity index (χ2v) is 3.76. The van der Waals surface area contributed by atoms with Crippen molar-refractivity contribution in [2.75, 3.05) is 0 Å². The monoisotopic (exact) mass is 189 g/mol. The molecule has 2 aromatic heterocycles. The summed E-state index contributed by atoms with van der Waals surface area (Å²) < 4.78 is 2.12. The molecule has 0 aliphatic heterocycles. The van der Waals surface area contributed by atoms with Crippen LogP contribution in [0.15, 0.2) is 24.5 Å². The van der Waals surface area contributed by atoms with Gasteiger partial charge in [-0.25, -0.2) is 4.98 Å². The molecule has 0 bridgehead atoms. The number of pyridine rings is 1. The normalized spacial score (nSPS) is 11.4. The lowest BCUT2D eigenvalue weighted by Gasteiger charge is -2.05. The number of nitrogens with two attached hydrogens (primary N) is 1. The molecule has 0 saturated carbocycles. The van der Waals surface area contributed by atoms with Gasteiger partial charge in [-0.15, -0.1) is 0 Å². The maximum absolute atomic E-state index is 5.66. The number of nitrogens with zero attached hydrogens (tertiary/aromatic N) is 2. The van der Waals surface area contributed by atoms with Crippen molar-refractivity contribution in [2.24, 2.45) is 5.73 Å². The first kappa shape index (κ1) is 9.21. The average molecular weight is 189 g/mol. The molecule has 0 radical (unpaired) electrons. The first-order valence-corrected chi connectivity index (χ1v) is 4.89. The third-order valence-corrected chi connectivity index (χ3v) is 2.42. The first-order valence-electron chi connectivity index (χ1n) is 4.89. The number of hydrogen-bond acceptors (Lipinski definition) is 2. The number of imidazole rings is 1. The fraction of sp³-hybridized carbons (Fsp3) is 0.364. The predicted molar refractivity (Wildman–Crippen MR) is 57.2 cm³/mol. The zero-order chi connectivity index (χ0) is 10.1. The van der Waals surface area contributed by atoms with E-state index in [1.807, 2.05) is 24.5 Å². The summed E-state index contributed by atoms with van der Waals surface area (Å²) in [6.07, 6.45) is 3.94. The Morgan fingerprint density at radius 1 is 1.50 bits per heavy atom. The van der Waals surface area contributed by atoms with Crippen molar-refractivity contribution in [3.8, 4) is 0 Å². The van der Waals surface area contributed by atoms with Gasteiger partial charge in [0.15, 0.2) is 0 Å². The Hall–Kier alpha value is -1.35. The van der Waals surface area contributed by atoms with Crippen LogP contribution < -0.4 is 5.73 Å². The third kappa shape index (κ3) is 1.30. The van der Waals surface area contributed by atoms with Crippen LogP contribution in [0.1, 0.15) is 31.2 Å². The second-order valence-electron chi connectivity index (χ2n) is 3.76.